The van der Waals surface area contributed by atoms with Gasteiger partial charge in [-0.2, -0.15) is 0 Å². The standard InChI is InChI=1S/C24H22BrNO/c1-17-21(8-5-9-23(17)18-6-3-2-4-7-18)16-27-26-24(19-10-11-19)20-12-14-22(25)15-13-20/h2-9,12-15,19H,10-11,16H2,1H3/b26-24+. The third-order valence-corrected chi connectivity index (χ3v) is 5.55. The minimum atomic E-state index is 0.485. The van der Waals surface area contributed by atoms with E-state index in [-0.39, 0.29) is 0 Å². The average Bonchev–Trinajstić information content (AvgIpc) is 3.53. The van der Waals surface area contributed by atoms with Gasteiger partial charge in [-0.1, -0.05) is 81.7 Å². The van der Waals surface area contributed by atoms with Gasteiger partial charge in [-0.25, -0.2) is 0 Å². The number of rotatable bonds is 6. The van der Waals surface area contributed by atoms with Crippen LogP contribution in [-0.4, -0.2) is 5.71 Å². The first-order valence-electron chi connectivity index (χ1n) is 9.32. The summed E-state index contributed by atoms with van der Waals surface area (Å²) < 4.78 is 1.08. The van der Waals surface area contributed by atoms with E-state index in [0.29, 0.717) is 12.5 Å². The van der Waals surface area contributed by atoms with Crippen LogP contribution in [0.15, 0.2) is 82.4 Å². The van der Waals surface area contributed by atoms with Gasteiger partial charge in [0.25, 0.3) is 0 Å². The van der Waals surface area contributed by atoms with Crippen LogP contribution in [0.2, 0.25) is 0 Å². The van der Waals surface area contributed by atoms with Gasteiger partial charge in [-0.05, 0) is 59.7 Å². The lowest BCUT2D eigenvalue weighted by molar-refractivity contribution is 0.129. The van der Waals surface area contributed by atoms with E-state index in [4.69, 9.17) is 4.84 Å². The van der Waals surface area contributed by atoms with Crippen LogP contribution in [0.25, 0.3) is 11.1 Å². The van der Waals surface area contributed by atoms with Gasteiger partial charge in [-0.3, -0.25) is 0 Å². The third-order valence-electron chi connectivity index (χ3n) is 5.02. The van der Waals surface area contributed by atoms with Crippen molar-refractivity contribution < 1.29 is 4.84 Å². The molecule has 0 saturated heterocycles. The van der Waals surface area contributed by atoms with Crippen molar-refractivity contribution in [1.29, 1.82) is 0 Å². The van der Waals surface area contributed by atoms with Crippen molar-refractivity contribution in [3.63, 3.8) is 0 Å². The summed E-state index contributed by atoms with van der Waals surface area (Å²) in [4.78, 5) is 5.82. The molecule has 1 fully saturated rings. The fraction of sp³-hybridized carbons (Fsp3) is 0.208. The topological polar surface area (TPSA) is 21.6 Å². The Hall–Kier alpha value is -2.39. The monoisotopic (exact) mass is 419 g/mol. The fourth-order valence-corrected chi connectivity index (χ4v) is 3.55. The minimum absolute atomic E-state index is 0.485. The molecule has 0 spiro atoms. The van der Waals surface area contributed by atoms with Crippen LogP contribution in [0, 0.1) is 12.8 Å². The van der Waals surface area contributed by atoms with Crippen molar-refractivity contribution in [3.05, 3.63) is 94.0 Å². The largest absolute Gasteiger partial charge is 0.391 e. The smallest absolute Gasteiger partial charge is 0.142 e. The van der Waals surface area contributed by atoms with Gasteiger partial charge in [-0.15, -0.1) is 0 Å². The van der Waals surface area contributed by atoms with Crippen molar-refractivity contribution in [2.45, 2.75) is 26.4 Å². The summed E-state index contributed by atoms with van der Waals surface area (Å²) in [5, 5.41) is 4.53. The Kier molecular flexibility index (Phi) is 5.40. The van der Waals surface area contributed by atoms with E-state index < -0.39 is 0 Å². The molecule has 1 aliphatic carbocycles. The van der Waals surface area contributed by atoms with E-state index in [0.717, 1.165) is 15.7 Å². The van der Waals surface area contributed by atoms with Gasteiger partial charge < -0.3 is 4.84 Å². The predicted octanol–water partition coefficient (Wildman–Crippen LogP) is 6.76. The Morgan fingerprint density at radius 1 is 0.963 bits per heavy atom. The molecule has 1 saturated carbocycles. The lowest BCUT2D eigenvalue weighted by atomic mass is 9.97. The highest BCUT2D eigenvalue weighted by Crippen LogP contribution is 2.34. The third kappa shape index (κ3) is 4.30. The molecular formula is C24H22BrNO. The van der Waals surface area contributed by atoms with E-state index in [9.17, 15) is 0 Å². The second-order valence-corrected chi connectivity index (χ2v) is 7.90. The predicted molar refractivity (Wildman–Crippen MR) is 115 cm³/mol. The molecule has 0 amide bonds. The van der Waals surface area contributed by atoms with Gasteiger partial charge in [0.05, 0.1) is 5.71 Å². The van der Waals surface area contributed by atoms with Gasteiger partial charge in [0.2, 0.25) is 0 Å². The molecule has 136 valence electrons. The van der Waals surface area contributed by atoms with E-state index in [1.807, 2.05) is 6.07 Å². The fourth-order valence-electron chi connectivity index (χ4n) is 3.28. The number of hydrogen-bond donors (Lipinski definition) is 0. The second-order valence-electron chi connectivity index (χ2n) is 6.99. The Labute approximate surface area is 169 Å². The molecule has 2 nitrogen and oxygen atoms in total. The Morgan fingerprint density at radius 2 is 1.70 bits per heavy atom. The van der Waals surface area contributed by atoms with Gasteiger partial charge in [0.1, 0.15) is 6.61 Å². The summed E-state index contributed by atoms with van der Waals surface area (Å²) in [6, 6.07) is 25.2. The Bertz CT molecular complexity index is 944. The van der Waals surface area contributed by atoms with E-state index in [2.05, 4.69) is 94.7 Å². The SMILES string of the molecule is Cc1c(CO/N=C(/c2ccc(Br)cc2)C2CC2)cccc1-c1ccccc1. The molecule has 3 aromatic carbocycles. The molecule has 0 aromatic heterocycles. The lowest BCUT2D eigenvalue weighted by Crippen LogP contribution is -2.05. The van der Waals surface area contributed by atoms with Crippen molar-refractivity contribution in [2.75, 3.05) is 0 Å². The zero-order valence-electron chi connectivity index (χ0n) is 15.4. The summed E-state index contributed by atoms with van der Waals surface area (Å²) in [5.41, 5.74) is 7.11. The molecule has 1 aliphatic rings. The van der Waals surface area contributed by atoms with Crippen LogP contribution >= 0.6 is 15.9 Å². The van der Waals surface area contributed by atoms with Crippen LogP contribution in [-0.2, 0) is 11.4 Å². The van der Waals surface area contributed by atoms with E-state index in [1.165, 1.54) is 35.1 Å². The van der Waals surface area contributed by atoms with Crippen molar-refractivity contribution in [2.24, 2.45) is 11.1 Å². The van der Waals surface area contributed by atoms with Crippen molar-refractivity contribution >= 4 is 21.6 Å². The second kappa shape index (κ2) is 8.10. The first-order valence-corrected chi connectivity index (χ1v) is 10.1. The molecule has 0 atom stereocenters. The lowest BCUT2D eigenvalue weighted by Gasteiger charge is -2.12. The van der Waals surface area contributed by atoms with Gasteiger partial charge >= 0.3 is 0 Å². The van der Waals surface area contributed by atoms with Crippen LogP contribution < -0.4 is 0 Å². The summed E-state index contributed by atoms with van der Waals surface area (Å²) in [6.45, 7) is 2.64. The first-order chi connectivity index (χ1) is 13.2. The maximum absolute atomic E-state index is 5.82. The zero-order chi connectivity index (χ0) is 18.6. The number of benzene rings is 3. The molecule has 27 heavy (non-hydrogen) atoms. The molecule has 0 unspecified atom stereocenters. The van der Waals surface area contributed by atoms with Crippen LogP contribution in [0.1, 0.15) is 29.5 Å². The Balaban J connectivity index is 1.53. The van der Waals surface area contributed by atoms with Crippen LogP contribution in [0.4, 0.5) is 0 Å². The van der Waals surface area contributed by atoms with Gasteiger partial charge in [0, 0.05) is 10.4 Å². The molecule has 3 aromatic rings. The normalized spacial score (nSPS) is 14.2. The van der Waals surface area contributed by atoms with E-state index >= 15 is 0 Å². The zero-order valence-corrected chi connectivity index (χ0v) is 16.9. The van der Waals surface area contributed by atoms with Crippen molar-refractivity contribution in [3.8, 4) is 11.1 Å². The molecule has 0 aliphatic heterocycles. The molecule has 3 heteroatoms. The highest BCUT2D eigenvalue weighted by atomic mass is 79.9. The first kappa shape index (κ1) is 18.0. The summed E-state index contributed by atoms with van der Waals surface area (Å²) in [5.74, 6) is 0.530. The van der Waals surface area contributed by atoms with Crippen molar-refractivity contribution in [1.82, 2.24) is 0 Å². The Morgan fingerprint density at radius 3 is 2.41 bits per heavy atom. The summed E-state index contributed by atoms with van der Waals surface area (Å²) >= 11 is 3.49. The van der Waals surface area contributed by atoms with Crippen LogP contribution in [0.5, 0.6) is 0 Å². The van der Waals surface area contributed by atoms with Crippen LogP contribution in [0.3, 0.4) is 0 Å². The summed E-state index contributed by atoms with van der Waals surface area (Å²) in [6.07, 6.45) is 2.39. The van der Waals surface area contributed by atoms with E-state index in [1.54, 1.807) is 0 Å². The number of oxime groups is 1. The molecule has 0 radical (unpaired) electrons. The maximum atomic E-state index is 5.82. The number of nitrogens with zero attached hydrogens (tertiary/aromatic N) is 1. The molecule has 0 N–H and O–H groups in total. The molecule has 4 rings (SSSR count). The quantitative estimate of drug-likeness (QED) is 0.319. The summed E-state index contributed by atoms with van der Waals surface area (Å²) in [7, 11) is 0. The maximum Gasteiger partial charge on any atom is 0.142 e. The average molecular weight is 420 g/mol. The minimum Gasteiger partial charge on any atom is -0.391 e. The van der Waals surface area contributed by atoms with Gasteiger partial charge in [0.15, 0.2) is 0 Å². The molecular weight excluding hydrogens is 398 g/mol. The number of hydrogen-bond acceptors (Lipinski definition) is 2. The molecule has 0 heterocycles. The highest BCUT2D eigenvalue weighted by molar-refractivity contribution is 9.10. The number of halogens is 1. The highest BCUT2D eigenvalue weighted by Gasteiger charge is 2.29. The molecule has 0 bridgehead atoms.